The molecule has 0 amide bonds. The lowest BCUT2D eigenvalue weighted by atomic mass is 9.82. The van der Waals surface area contributed by atoms with Gasteiger partial charge in [-0.1, -0.05) is 486 Å². The van der Waals surface area contributed by atoms with Crippen LogP contribution >= 0.6 is 0 Å². The molecule has 0 bridgehead atoms. The van der Waals surface area contributed by atoms with Crippen molar-refractivity contribution < 1.29 is 0 Å². The largest absolute Gasteiger partial charge is 0.296 e. The first-order chi connectivity index (χ1) is 70.9. The Hall–Kier alpha value is -6.57. The Morgan fingerprint density at radius 2 is 0.531 bits per heavy atom. The summed E-state index contributed by atoms with van der Waals surface area (Å²) in [7, 11) is 3.22. The minimum Gasteiger partial charge on any atom is -0.296 e. The fourth-order valence-corrected chi connectivity index (χ4v) is 60.6. The van der Waals surface area contributed by atoms with Crippen molar-refractivity contribution in [3.05, 3.63) is 338 Å². The average molecular weight is 2040 g/mol. The molecule has 44 atom stereocenters. The Morgan fingerprint density at radius 1 is 0.286 bits per heavy atom. The second kappa shape index (κ2) is 46.6. The van der Waals surface area contributed by atoms with E-state index in [1.54, 1.807) is 5.56 Å². The highest BCUT2D eigenvalue weighted by Crippen LogP contribution is 2.74. The number of unbranched alkanes of at least 4 members (excludes halogenated alkanes) is 1. The summed E-state index contributed by atoms with van der Waals surface area (Å²) in [4.78, 5) is 11.1. The first-order valence-electron chi connectivity index (χ1n) is 60.7. The Labute approximate surface area is 902 Å². The van der Waals surface area contributed by atoms with E-state index in [0.29, 0.717) is 119 Å². The van der Waals surface area contributed by atoms with Crippen LogP contribution in [0.3, 0.4) is 0 Å². The van der Waals surface area contributed by atoms with Gasteiger partial charge in [0.15, 0.2) is 0 Å². The van der Waals surface area contributed by atoms with Crippen LogP contribution in [-0.2, 0) is 0 Å². The highest BCUT2D eigenvalue weighted by Gasteiger charge is 2.71. The van der Waals surface area contributed by atoms with Gasteiger partial charge in [-0.3, -0.25) is 19.6 Å². The molecule has 0 N–H and O–H groups in total. The predicted octanol–water partition coefficient (Wildman–Crippen LogP) is 35.5. The molecule has 1 aromatic carbocycles. The van der Waals surface area contributed by atoms with Crippen LogP contribution < -0.4 is 0 Å². The Kier molecular flexibility index (Phi) is 34.9. The standard InChI is InChI=1S/C34H41NSi.C32H45NSi.C32H43NSi.C29H39NSi.4C3H8/c1-22-18-19-30-29(20-22)32-33(35(30)2)26-16-10-11-17-27(26)34(32)36(3,4)31-21-28(23-12-6-5-7-13-23)24-14-8-9-15-25(24)31;2*1-6-7-12-22-20-29(24-14-9-8-13-23(22)24)34(4,5)32-26-16-11-10-15-25(26)31-30(32)27-19-21(2)17-18-28(27)33(31)3;1-18-14-15-25-24(16-18)27-28(30(25)3)22-12-8-9-13-23(22)29(27)31(4,5)26-17-19(2)20-10-6-7-11-21(20)26;4*1-3-2/h5-20,24-34H,21H2,1-4H3;8-11,13-19,22-32H,6-7,12,20H2,1-5H3;6,8-11,13-19,22-32H,1,7,12,20H2,2-5H3;6-16,19-29H,17H2,1-5H3;4*3H2,1-2H3. The van der Waals surface area contributed by atoms with Gasteiger partial charge in [-0.15, -0.1) is 6.58 Å². The number of likely N-dealkylation sites (N-methyl/N-ethyl adjacent to an activating group) is 4. The Balaban J connectivity index is 0.000000124. The van der Waals surface area contributed by atoms with Crippen LogP contribution in [0.5, 0.6) is 0 Å². The molecule has 0 radical (unpaired) electrons. The van der Waals surface area contributed by atoms with Crippen LogP contribution in [0, 0.1) is 160 Å². The lowest BCUT2D eigenvalue weighted by Crippen LogP contribution is -2.46. The van der Waals surface area contributed by atoms with Crippen molar-refractivity contribution in [1.82, 2.24) is 19.6 Å². The highest BCUT2D eigenvalue weighted by molar-refractivity contribution is 6.82. The molecule has 147 heavy (non-hydrogen) atoms. The van der Waals surface area contributed by atoms with Gasteiger partial charge >= 0.3 is 0 Å². The average Bonchev–Trinajstić information content (AvgIpc) is 1.55. The lowest BCUT2D eigenvalue weighted by molar-refractivity contribution is 0.219. The molecule has 4 aliphatic heterocycles. The molecule has 20 aliphatic carbocycles. The van der Waals surface area contributed by atoms with E-state index >= 15 is 0 Å². The van der Waals surface area contributed by atoms with Gasteiger partial charge in [-0.25, -0.2) is 0 Å². The fourth-order valence-electron chi connectivity index (χ4n) is 38.7. The molecule has 12 fully saturated rings. The van der Waals surface area contributed by atoms with Crippen molar-refractivity contribution in [2.24, 2.45) is 160 Å². The van der Waals surface area contributed by atoms with Gasteiger partial charge in [0.25, 0.3) is 0 Å². The summed E-state index contributed by atoms with van der Waals surface area (Å²) < 4.78 is 0. The summed E-state index contributed by atoms with van der Waals surface area (Å²) in [6.07, 6.45) is 129. The summed E-state index contributed by atoms with van der Waals surface area (Å²) >= 11 is 0. The number of nitrogens with zero attached hydrogens (tertiary/aromatic N) is 4. The second-order valence-electron chi connectivity index (χ2n) is 53.8. The maximum absolute atomic E-state index is 4.04. The van der Waals surface area contributed by atoms with Crippen molar-refractivity contribution in [3.8, 4) is 0 Å². The van der Waals surface area contributed by atoms with Gasteiger partial charge in [0.1, 0.15) is 0 Å². The number of hydrogen-bond donors (Lipinski definition) is 0. The molecule has 44 unspecified atom stereocenters. The molecule has 25 rings (SSSR count). The Bertz CT molecular complexity index is 5510. The maximum atomic E-state index is 4.04. The van der Waals surface area contributed by atoms with Crippen LogP contribution in [0.4, 0.5) is 0 Å². The van der Waals surface area contributed by atoms with Crippen molar-refractivity contribution in [3.63, 3.8) is 0 Å². The van der Waals surface area contributed by atoms with E-state index in [1.807, 2.05) is 0 Å². The number of benzene rings is 1. The summed E-state index contributed by atoms with van der Waals surface area (Å²) in [6.45, 7) is 57.6. The fraction of sp³-hybridized carbons (Fsp3) is 0.597. The van der Waals surface area contributed by atoms with Crippen LogP contribution in [0.15, 0.2) is 333 Å². The quantitative estimate of drug-likeness (QED) is 0.128. The van der Waals surface area contributed by atoms with E-state index in [1.165, 1.54) is 99.3 Å². The van der Waals surface area contributed by atoms with Crippen LogP contribution in [0.25, 0.3) is 0 Å². The molecule has 4 heterocycles. The molecule has 8 heteroatoms. The number of fused-ring (bicyclic) bond motifs is 24. The predicted molar refractivity (Wildman–Crippen MR) is 649 cm³/mol. The van der Waals surface area contributed by atoms with Gasteiger partial charge in [-0.2, -0.15) is 0 Å². The zero-order valence-corrected chi connectivity index (χ0v) is 100. The first kappa shape index (κ1) is 110. The van der Waals surface area contributed by atoms with Gasteiger partial charge < -0.3 is 0 Å². The molecule has 4 nitrogen and oxygen atoms in total. The Morgan fingerprint density at radius 3 is 0.830 bits per heavy atom. The topological polar surface area (TPSA) is 13.0 Å². The van der Waals surface area contributed by atoms with E-state index < -0.39 is 32.3 Å². The van der Waals surface area contributed by atoms with Crippen molar-refractivity contribution >= 4 is 32.3 Å². The van der Waals surface area contributed by atoms with E-state index in [2.05, 4.69) is 507 Å². The molecular formula is C139H200N4Si4. The molecule has 8 saturated carbocycles. The molecule has 1 aromatic rings. The van der Waals surface area contributed by atoms with Gasteiger partial charge in [0.2, 0.25) is 0 Å². The van der Waals surface area contributed by atoms with E-state index in [-0.39, 0.29) is 0 Å². The SMILES string of the molecule is C=CCCC1CC([Si](C)(C)C2C3C=CC=CC3C3C2C2C=C(C)C=CC2N3C)C2C=CC=CC12.CC1=CC2C3C(C4C=CC=CC4C3[Si](C)(C)C3CC(C)C4C=CC=CC43)N(C)C2C=C1.CC1=CC2C3C(C4C=CC=CC4C3[Si](C)(C)C3CC(c4ccccc4)C4C=CC=CC43)N(C)C2C=C1.CCC.CCC.CCC.CCC.CCCCC1CC([Si](C)(C)C2C3C=CC=CC3C3C2C2C=C(C)C=CC2N3C)C2C=CC=CC12. The monoisotopic (exact) mass is 2040 g/mol. The molecule has 792 valence electrons. The minimum atomic E-state index is -1.69. The molecule has 24 aliphatic rings. The van der Waals surface area contributed by atoms with Crippen LogP contribution in [-0.4, -0.2) is 128 Å². The number of allylic oxidation sites excluding steroid dienone is 37. The van der Waals surface area contributed by atoms with Crippen LogP contribution in [0.2, 0.25) is 96.7 Å². The zero-order chi connectivity index (χ0) is 104. The molecule has 4 saturated heterocycles. The normalized spacial score (nSPS) is 43.3. The third-order valence-corrected chi connectivity index (χ3v) is 64.0. The third kappa shape index (κ3) is 20.2. The number of hydrogen-bond acceptors (Lipinski definition) is 4. The first-order valence-corrected chi connectivity index (χ1v) is 73.3. The van der Waals surface area contributed by atoms with E-state index in [4.69, 9.17) is 0 Å². The third-order valence-electron chi connectivity index (χ3n) is 43.9. The summed E-state index contributed by atoms with van der Waals surface area (Å²) in [5.74, 6) is 20.7. The maximum Gasteiger partial charge on any atom is 0.0551 e. The summed E-state index contributed by atoms with van der Waals surface area (Å²) in [6, 6.07) is 16.5. The highest BCUT2D eigenvalue weighted by atomic mass is 28.3. The van der Waals surface area contributed by atoms with Crippen molar-refractivity contribution in [2.75, 3.05) is 28.2 Å². The number of rotatable bonds is 15. The van der Waals surface area contributed by atoms with Crippen molar-refractivity contribution in [2.45, 2.75) is 331 Å². The second-order valence-corrected chi connectivity index (χ2v) is 74.0. The number of likely N-dealkylation sites (tertiary alicyclic amines) is 4. The molecular weight excluding hydrogens is 1840 g/mol. The summed E-state index contributed by atoms with van der Waals surface area (Å²) in [5.41, 5.74) is 14.4. The van der Waals surface area contributed by atoms with Gasteiger partial charge in [0.05, 0.1) is 32.3 Å². The van der Waals surface area contributed by atoms with Crippen LogP contribution in [0.1, 0.15) is 192 Å². The lowest BCUT2D eigenvalue weighted by Gasteiger charge is -2.45. The van der Waals surface area contributed by atoms with Crippen molar-refractivity contribution in [1.29, 1.82) is 0 Å². The van der Waals surface area contributed by atoms with E-state index in [9.17, 15) is 0 Å². The minimum absolute atomic E-state index is 0.571. The van der Waals surface area contributed by atoms with Gasteiger partial charge in [0, 0.05) is 72.0 Å². The molecule has 0 aromatic heterocycles. The zero-order valence-electron chi connectivity index (χ0n) is 96.5. The summed E-state index contributed by atoms with van der Waals surface area (Å²) in [5, 5.41) is 0. The van der Waals surface area contributed by atoms with Gasteiger partial charge in [-0.05, 0) is 293 Å². The smallest absolute Gasteiger partial charge is 0.0551 e. The van der Waals surface area contributed by atoms with E-state index in [0.717, 1.165) is 145 Å². The molecule has 0 spiro atoms.